The lowest BCUT2D eigenvalue weighted by molar-refractivity contribution is -0.385. The second-order valence-corrected chi connectivity index (χ2v) is 3.10. The van der Waals surface area contributed by atoms with Crippen LogP contribution in [0, 0.1) is 17.0 Å². The van der Waals surface area contributed by atoms with Gasteiger partial charge in [-0.2, -0.15) is 0 Å². The van der Waals surface area contributed by atoms with Crippen LogP contribution >= 0.6 is 0 Å². The Morgan fingerprint density at radius 3 is 2.56 bits per heavy atom. The van der Waals surface area contributed by atoms with Crippen LogP contribution in [0.1, 0.15) is 26.3 Å². The number of nitro benzene ring substituents is 1. The van der Waals surface area contributed by atoms with E-state index in [1.165, 1.54) is 13.0 Å². The Balaban J connectivity index is 3.52. The molecule has 0 aromatic heterocycles. The van der Waals surface area contributed by atoms with Crippen LogP contribution in [0.4, 0.5) is 5.69 Å². The summed E-state index contributed by atoms with van der Waals surface area (Å²) >= 11 is 0. The normalized spacial score (nSPS) is 9.62. The van der Waals surface area contributed by atoms with Crippen LogP contribution in [0.15, 0.2) is 12.1 Å². The van der Waals surface area contributed by atoms with Crippen molar-refractivity contribution in [3.63, 3.8) is 0 Å². The molecule has 1 rings (SSSR count). The first-order valence-electron chi connectivity index (χ1n) is 4.33. The average molecular weight is 223 g/mol. The van der Waals surface area contributed by atoms with E-state index in [2.05, 4.69) is 4.74 Å². The second kappa shape index (κ2) is 4.52. The van der Waals surface area contributed by atoms with Crippen LogP contribution < -0.4 is 0 Å². The molecule has 0 aliphatic carbocycles. The van der Waals surface area contributed by atoms with Crippen LogP contribution in [0.3, 0.4) is 0 Å². The number of carbonyl (C=O) groups is 2. The van der Waals surface area contributed by atoms with Crippen LogP contribution in [0.25, 0.3) is 0 Å². The molecule has 0 bridgehead atoms. The van der Waals surface area contributed by atoms with E-state index in [1.54, 1.807) is 0 Å². The van der Waals surface area contributed by atoms with E-state index in [-0.39, 0.29) is 22.4 Å². The van der Waals surface area contributed by atoms with Crippen molar-refractivity contribution in [2.75, 3.05) is 7.11 Å². The predicted octanol–water partition coefficient (Wildman–Crippen LogP) is 1.50. The molecule has 0 amide bonds. The Morgan fingerprint density at radius 2 is 2.12 bits per heavy atom. The number of rotatable bonds is 3. The molecule has 0 radical (unpaired) electrons. The maximum Gasteiger partial charge on any atom is 0.344 e. The quantitative estimate of drug-likeness (QED) is 0.335. The van der Waals surface area contributed by atoms with Gasteiger partial charge in [0.05, 0.1) is 12.0 Å². The van der Waals surface area contributed by atoms with Crippen molar-refractivity contribution >= 4 is 17.9 Å². The van der Waals surface area contributed by atoms with Gasteiger partial charge in [-0.25, -0.2) is 4.79 Å². The summed E-state index contributed by atoms with van der Waals surface area (Å²) in [6, 6.07) is 2.49. The van der Waals surface area contributed by atoms with Crippen molar-refractivity contribution in [3.05, 3.63) is 38.9 Å². The number of ether oxygens (including phenoxy) is 1. The smallest absolute Gasteiger partial charge is 0.344 e. The molecule has 0 unspecified atom stereocenters. The van der Waals surface area contributed by atoms with Crippen LogP contribution in [-0.2, 0) is 4.74 Å². The zero-order valence-corrected chi connectivity index (χ0v) is 8.72. The Hall–Kier alpha value is -2.24. The summed E-state index contributed by atoms with van der Waals surface area (Å²) < 4.78 is 4.42. The molecule has 0 spiro atoms. The molecule has 0 atom stereocenters. The molecule has 84 valence electrons. The van der Waals surface area contributed by atoms with E-state index in [0.717, 1.165) is 13.2 Å². The third kappa shape index (κ3) is 2.05. The van der Waals surface area contributed by atoms with Gasteiger partial charge < -0.3 is 4.74 Å². The molecule has 0 saturated carbocycles. The molecule has 1 aromatic rings. The van der Waals surface area contributed by atoms with E-state index in [9.17, 15) is 19.7 Å². The van der Waals surface area contributed by atoms with Gasteiger partial charge in [-0.1, -0.05) is 0 Å². The van der Waals surface area contributed by atoms with Crippen molar-refractivity contribution in [2.45, 2.75) is 6.92 Å². The first-order valence-corrected chi connectivity index (χ1v) is 4.33. The zero-order valence-electron chi connectivity index (χ0n) is 8.72. The van der Waals surface area contributed by atoms with Gasteiger partial charge in [-0.15, -0.1) is 0 Å². The van der Waals surface area contributed by atoms with E-state index in [1.807, 2.05) is 0 Å². The summed E-state index contributed by atoms with van der Waals surface area (Å²) in [5.74, 6) is -0.835. The largest absolute Gasteiger partial charge is 0.465 e. The molecule has 0 saturated heterocycles. The van der Waals surface area contributed by atoms with E-state index >= 15 is 0 Å². The monoisotopic (exact) mass is 223 g/mol. The molecule has 0 aliphatic rings. The lowest BCUT2D eigenvalue weighted by atomic mass is 10.0. The topological polar surface area (TPSA) is 86.5 Å². The van der Waals surface area contributed by atoms with E-state index in [4.69, 9.17) is 0 Å². The third-order valence-electron chi connectivity index (χ3n) is 2.05. The maximum atomic E-state index is 11.3. The highest BCUT2D eigenvalue weighted by molar-refractivity contribution is 5.96. The number of carbonyl (C=O) groups excluding carboxylic acids is 2. The number of hydrogen-bond donors (Lipinski definition) is 0. The minimum atomic E-state index is -0.835. The number of aldehydes is 1. The lowest BCUT2D eigenvalue weighted by Crippen LogP contribution is -2.08. The summed E-state index contributed by atoms with van der Waals surface area (Å²) in [7, 11) is 1.12. The molecule has 0 aliphatic heterocycles. The van der Waals surface area contributed by atoms with Gasteiger partial charge in [0.1, 0.15) is 11.8 Å². The number of aryl methyl sites for hydroxylation is 1. The fourth-order valence-corrected chi connectivity index (χ4v) is 1.38. The number of esters is 1. The fraction of sp³-hybridized carbons (Fsp3) is 0.200. The minimum absolute atomic E-state index is 0.198. The molecule has 0 heterocycles. The zero-order chi connectivity index (χ0) is 12.3. The summed E-state index contributed by atoms with van der Waals surface area (Å²) in [5.41, 5.74) is -0.106. The number of nitro groups is 1. The molecular weight excluding hydrogens is 214 g/mol. The number of benzene rings is 1. The molecule has 6 heteroatoms. The first-order chi connectivity index (χ1) is 7.51. The molecule has 0 N–H and O–H groups in total. The lowest BCUT2D eigenvalue weighted by Gasteiger charge is -2.04. The summed E-state index contributed by atoms with van der Waals surface area (Å²) in [4.78, 5) is 32.0. The standard InChI is InChI=1S/C10H9NO5/c1-6-3-7(5-12)4-8(10(13)16-2)9(6)11(14)15/h3-5H,1-2H3. The summed E-state index contributed by atoms with van der Waals surface area (Å²) in [5, 5.41) is 10.8. The molecule has 6 nitrogen and oxygen atoms in total. The molecule has 1 aromatic carbocycles. The molecular formula is C10H9NO5. The van der Waals surface area contributed by atoms with Gasteiger partial charge in [0.15, 0.2) is 0 Å². The Morgan fingerprint density at radius 1 is 1.50 bits per heavy atom. The van der Waals surface area contributed by atoms with Crippen LogP contribution in [0.2, 0.25) is 0 Å². The maximum absolute atomic E-state index is 11.3. The first kappa shape index (κ1) is 11.8. The second-order valence-electron chi connectivity index (χ2n) is 3.10. The van der Waals surface area contributed by atoms with Crippen LogP contribution in [0.5, 0.6) is 0 Å². The van der Waals surface area contributed by atoms with Crippen molar-refractivity contribution < 1.29 is 19.2 Å². The van der Waals surface area contributed by atoms with Gasteiger partial charge in [-0.05, 0) is 19.1 Å². The van der Waals surface area contributed by atoms with Gasteiger partial charge in [-0.3, -0.25) is 14.9 Å². The fourth-order valence-electron chi connectivity index (χ4n) is 1.38. The molecule has 16 heavy (non-hydrogen) atoms. The van der Waals surface area contributed by atoms with E-state index < -0.39 is 10.9 Å². The van der Waals surface area contributed by atoms with Crippen LogP contribution in [-0.4, -0.2) is 24.3 Å². The predicted molar refractivity (Wildman–Crippen MR) is 54.6 cm³/mol. The number of nitrogens with zero attached hydrogens (tertiary/aromatic N) is 1. The Kier molecular flexibility index (Phi) is 3.34. The van der Waals surface area contributed by atoms with E-state index in [0.29, 0.717) is 6.29 Å². The Bertz CT molecular complexity index is 467. The highest BCUT2D eigenvalue weighted by atomic mass is 16.6. The third-order valence-corrected chi connectivity index (χ3v) is 2.05. The minimum Gasteiger partial charge on any atom is -0.465 e. The SMILES string of the molecule is COC(=O)c1cc(C=O)cc(C)c1[N+](=O)[O-]. The van der Waals surface area contributed by atoms with Crippen molar-refractivity contribution in [3.8, 4) is 0 Å². The summed E-state index contributed by atoms with van der Waals surface area (Å²) in [6.07, 6.45) is 0.517. The van der Waals surface area contributed by atoms with Gasteiger partial charge in [0.2, 0.25) is 0 Å². The van der Waals surface area contributed by atoms with Crippen molar-refractivity contribution in [2.24, 2.45) is 0 Å². The van der Waals surface area contributed by atoms with Gasteiger partial charge in [0, 0.05) is 11.1 Å². The summed E-state index contributed by atoms with van der Waals surface area (Å²) in [6.45, 7) is 1.46. The average Bonchev–Trinajstić information content (AvgIpc) is 2.26. The number of hydrogen-bond acceptors (Lipinski definition) is 5. The highest BCUT2D eigenvalue weighted by Gasteiger charge is 2.24. The molecule has 0 fully saturated rings. The van der Waals surface area contributed by atoms with Crippen molar-refractivity contribution in [1.29, 1.82) is 0 Å². The Labute approximate surface area is 91.0 Å². The number of methoxy groups -OCH3 is 1. The van der Waals surface area contributed by atoms with Gasteiger partial charge in [0.25, 0.3) is 5.69 Å². The highest BCUT2D eigenvalue weighted by Crippen LogP contribution is 2.25. The van der Waals surface area contributed by atoms with Gasteiger partial charge >= 0.3 is 5.97 Å². The van der Waals surface area contributed by atoms with Crippen molar-refractivity contribution in [1.82, 2.24) is 0 Å².